The number of rotatable bonds is 1. The van der Waals surface area contributed by atoms with Crippen LogP contribution in [0, 0.1) is 5.82 Å². The molecule has 0 saturated heterocycles. The van der Waals surface area contributed by atoms with Crippen LogP contribution in [0.3, 0.4) is 0 Å². The van der Waals surface area contributed by atoms with Crippen molar-refractivity contribution < 1.29 is 24.5 Å². The largest absolute Gasteiger partial charge is 0.504 e. The minimum absolute atomic E-state index is 0.525. The average molecular weight is 173 g/mol. The van der Waals surface area contributed by atoms with Crippen LogP contribution in [0.15, 0.2) is 6.20 Å². The van der Waals surface area contributed by atoms with Crippen LogP contribution in [0.1, 0.15) is 10.4 Å². The number of hydrogen-bond donors (Lipinski definition) is 3. The van der Waals surface area contributed by atoms with E-state index in [0.717, 1.165) is 0 Å². The smallest absolute Gasteiger partial charge is 0.345 e. The Hall–Kier alpha value is -1.85. The number of aromatic hydroxyl groups is 2. The third kappa shape index (κ3) is 1.14. The zero-order valence-electron chi connectivity index (χ0n) is 5.65. The zero-order chi connectivity index (χ0) is 9.30. The summed E-state index contributed by atoms with van der Waals surface area (Å²) in [6, 6.07) is 0. The van der Waals surface area contributed by atoms with Crippen molar-refractivity contribution in [1.82, 2.24) is 4.98 Å². The van der Waals surface area contributed by atoms with E-state index in [1.165, 1.54) is 0 Å². The normalized spacial score (nSPS) is 9.75. The molecule has 12 heavy (non-hydrogen) atoms. The fraction of sp³-hybridized carbons (Fsp3) is 0. The van der Waals surface area contributed by atoms with Crippen LogP contribution in [0.25, 0.3) is 0 Å². The molecule has 64 valence electrons. The summed E-state index contributed by atoms with van der Waals surface area (Å²) in [6.07, 6.45) is 0.525. The molecule has 1 aromatic heterocycles. The van der Waals surface area contributed by atoms with Crippen molar-refractivity contribution in [3.05, 3.63) is 17.6 Å². The number of halogens is 1. The van der Waals surface area contributed by atoms with Crippen molar-refractivity contribution in [3.63, 3.8) is 0 Å². The molecule has 0 aliphatic heterocycles. The van der Waals surface area contributed by atoms with E-state index in [9.17, 15) is 9.18 Å². The summed E-state index contributed by atoms with van der Waals surface area (Å²) in [5.74, 6) is -4.86. The second-order valence-corrected chi connectivity index (χ2v) is 1.96. The lowest BCUT2D eigenvalue weighted by Gasteiger charge is -2.00. The van der Waals surface area contributed by atoms with E-state index >= 15 is 0 Å². The predicted molar refractivity (Wildman–Crippen MR) is 34.5 cm³/mol. The van der Waals surface area contributed by atoms with Gasteiger partial charge in [0.1, 0.15) is 0 Å². The first kappa shape index (κ1) is 8.25. The number of aromatic carboxylic acids is 1. The van der Waals surface area contributed by atoms with E-state index < -0.39 is 29.0 Å². The molecule has 0 aliphatic carbocycles. The Labute approximate surface area is 65.7 Å². The van der Waals surface area contributed by atoms with E-state index in [1.807, 2.05) is 0 Å². The second-order valence-electron chi connectivity index (χ2n) is 1.96. The molecule has 0 aromatic carbocycles. The summed E-state index contributed by atoms with van der Waals surface area (Å²) >= 11 is 0. The molecule has 0 fully saturated rings. The van der Waals surface area contributed by atoms with Crippen molar-refractivity contribution in [2.24, 2.45) is 0 Å². The molecule has 0 spiro atoms. The molecule has 1 rings (SSSR count). The fourth-order valence-electron chi connectivity index (χ4n) is 0.666. The summed E-state index contributed by atoms with van der Waals surface area (Å²) in [5.41, 5.74) is -0.935. The molecule has 0 aliphatic rings. The van der Waals surface area contributed by atoms with Gasteiger partial charge in [-0.25, -0.2) is 14.2 Å². The molecule has 1 heterocycles. The Kier molecular flexibility index (Phi) is 1.82. The van der Waals surface area contributed by atoms with Gasteiger partial charge in [0.25, 0.3) is 0 Å². The van der Waals surface area contributed by atoms with Gasteiger partial charge < -0.3 is 15.3 Å². The molecule has 0 radical (unpaired) electrons. The number of aromatic nitrogens is 1. The van der Waals surface area contributed by atoms with Crippen LogP contribution >= 0.6 is 0 Å². The van der Waals surface area contributed by atoms with Gasteiger partial charge in [0.15, 0.2) is 17.1 Å². The van der Waals surface area contributed by atoms with E-state index in [1.54, 1.807) is 0 Å². The standard InChI is InChI=1S/C6H4FNO4/c7-2-1-8-5(10)3(4(2)9)6(11)12/h1H,(H,11,12)(H2,8,9,10). The minimum Gasteiger partial charge on any atom is -0.504 e. The van der Waals surface area contributed by atoms with Crippen LogP contribution in [-0.2, 0) is 0 Å². The number of pyridine rings is 1. The van der Waals surface area contributed by atoms with Crippen molar-refractivity contribution in [2.45, 2.75) is 0 Å². The second kappa shape index (κ2) is 2.65. The zero-order valence-corrected chi connectivity index (χ0v) is 5.65. The first-order valence-corrected chi connectivity index (χ1v) is 2.83. The number of carbonyl (C=O) groups is 1. The first-order valence-electron chi connectivity index (χ1n) is 2.83. The highest BCUT2D eigenvalue weighted by Crippen LogP contribution is 2.26. The van der Waals surface area contributed by atoms with E-state index in [4.69, 9.17) is 15.3 Å². The third-order valence-corrected chi connectivity index (χ3v) is 1.20. The Morgan fingerprint density at radius 2 is 2.08 bits per heavy atom. The van der Waals surface area contributed by atoms with Gasteiger partial charge in [0.05, 0.1) is 6.20 Å². The first-order chi connectivity index (χ1) is 5.54. The predicted octanol–water partition coefficient (Wildman–Crippen LogP) is 0.330. The lowest BCUT2D eigenvalue weighted by atomic mass is 10.2. The molecular weight excluding hydrogens is 169 g/mol. The topological polar surface area (TPSA) is 90.7 Å². The Balaban J connectivity index is 3.43. The molecule has 0 unspecified atom stereocenters. The molecule has 6 heteroatoms. The maximum absolute atomic E-state index is 12.4. The minimum atomic E-state index is -1.64. The van der Waals surface area contributed by atoms with Crippen LogP contribution < -0.4 is 0 Å². The van der Waals surface area contributed by atoms with Crippen molar-refractivity contribution in [2.75, 3.05) is 0 Å². The Bertz CT molecular complexity index is 339. The monoisotopic (exact) mass is 173 g/mol. The van der Waals surface area contributed by atoms with Gasteiger partial charge >= 0.3 is 5.97 Å². The lowest BCUT2D eigenvalue weighted by molar-refractivity contribution is 0.0688. The van der Waals surface area contributed by atoms with Gasteiger partial charge in [-0.3, -0.25) is 0 Å². The summed E-state index contributed by atoms with van der Waals surface area (Å²) in [5, 5.41) is 25.9. The van der Waals surface area contributed by atoms with Crippen molar-refractivity contribution in [3.8, 4) is 11.6 Å². The molecule has 0 atom stereocenters. The van der Waals surface area contributed by atoms with Crippen LogP contribution in [0.5, 0.6) is 11.6 Å². The van der Waals surface area contributed by atoms with Gasteiger partial charge in [0.2, 0.25) is 5.88 Å². The van der Waals surface area contributed by atoms with E-state index in [0.29, 0.717) is 6.20 Å². The third-order valence-electron chi connectivity index (χ3n) is 1.20. The number of hydrogen-bond acceptors (Lipinski definition) is 4. The molecule has 0 bridgehead atoms. The Morgan fingerprint density at radius 1 is 1.50 bits per heavy atom. The summed E-state index contributed by atoms with van der Waals surface area (Å²) < 4.78 is 12.4. The van der Waals surface area contributed by atoms with Crippen LogP contribution in [0.2, 0.25) is 0 Å². The number of carboxylic acids is 1. The van der Waals surface area contributed by atoms with E-state index in [2.05, 4.69) is 4.98 Å². The number of carboxylic acid groups (broad SMARTS) is 1. The average Bonchev–Trinajstić information content (AvgIpc) is 1.97. The highest BCUT2D eigenvalue weighted by atomic mass is 19.1. The summed E-state index contributed by atoms with van der Waals surface area (Å²) in [4.78, 5) is 13.3. The quantitative estimate of drug-likeness (QED) is 0.569. The van der Waals surface area contributed by atoms with Crippen LogP contribution in [-0.4, -0.2) is 26.3 Å². The molecular formula is C6H4FNO4. The Morgan fingerprint density at radius 3 is 2.50 bits per heavy atom. The van der Waals surface area contributed by atoms with Crippen LogP contribution in [0.4, 0.5) is 4.39 Å². The summed E-state index contributed by atoms with van der Waals surface area (Å²) in [7, 11) is 0. The van der Waals surface area contributed by atoms with Crippen molar-refractivity contribution in [1.29, 1.82) is 0 Å². The fourth-order valence-corrected chi connectivity index (χ4v) is 0.666. The SMILES string of the molecule is O=C(O)c1c(O)ncc(F)c1O. The molecule has 0 amide bonds. The number of nitrogens with zero attached hydrogens (tertiary/aromatic N) is 1. The molecule has 1 aromatic rings. The highest BCUT2D eigenvalue weighted by Gasteiger charge is 2.19. The lowest BCUT2D eigenvalue weighted by Crippen LogP contribution is -2.00. The summed E-state index contributed by atoms with van der Waals surface area (Å²) in [6.45, 7) is 0. The van der Waals surface area contributed by atoms with Gasteiger partial charge in [0, 0.05) is 0 Å². The maximum atomic E-state index is 12.4. The maximum Gasteiger partial charge on any atom is 0.345 e. The van der Waals surface area contributed by atoms with Gasteiger partial charge in [-0.2, -0.15) is 0 Å². The van der Waals surface area contributed by atoms with Crippen molar-refractivity contribution >= 4 is 5.97 Å². The van der Waals surface area contributed by atoms with Gasteiger partial charge in [-0.15, -0.1) is 0 Å². The highest BCUT2D eigenvalue weighted by molar-refractivity contribution is 5.93. The molecule has 0 saturated carbocycles. The molecule has 3 N–H and O–H groups in total. The van der Waals surface area contributed by atoms with Gasteiger partial charge in [-0.05, 0) is 0 Å². The van der Waals surface area contributed by atoms with Gasteiger partial charge in [-0.1, -0.05) is 0 Å². The van der Waals surface area contributed by atoms with E-state index in [-0.39, 0.29) is 0 Å². The molecule has 5 nitrogen and oxygen atoms in total.